The van der Waals surface area contributed by atoms with Crippen molar-refractivity contribution in [2.75, 3.05) is 6.61 Å². The van der Waals surface area contributed by atoms with Crippen LogP contribution in [0.25, 0.3) is 22.4 Å². The number of ether oxygens (including phenoxy) is 1. The van der Waals surface area contributed by atoms with Crippen LogP contribution in [0.1, 0.15) is 60.8 Å². The lowest BCUT2D eigenvalue weighted by molar-refractivity contribution is -0.127. The lowest BCUT2D eigenvalue weighted by Crippen LogP contribution is -2.21. The molecule has 0 bridgehead atoms. The molecule has 4 heterocycles. The SMILES string of the molecule is Fc1cc(Cl)ccc1-c1nc(C2CCOC(c3cnn(C4CC4)c3)C2)nc2nc(CC(F)(F)F)cnc12. The van der Waals surface area contributed by atoms with Crippen molar-refractivity contribution in [2.45, 2.75) is 56.3 Å². The van der Waals surface area contributed by atoms with Crippen LogP contribution in [0.2, 0.25) is 5.02 Å². The average Bonchev–Trinajstić information content (AvgIpc) is 3.58. The van der Waals surface area contributed by atoms with E-state index in [0.29, 0.717) is 31.3 Å². The molecule has 1 aliphatic heterocycles. The van der Waals surface area contributed by atoms with Gasteiger partial charge in [-0.25, -0.2) is 24.3 Å². The third-order valence-electron chi connectivity index (χ3n) is 6.61. The molecule has 1 saturated heterocycles. The van der Waals surface area contributed by atoms with E-state index in [9.17, 15) is 17.6 Å². The fraction of sp³-hybridized carbons (Fsp3) is 0.400. The van der Waals surface area contributed by atoms with Crippen LogP contribution in [0.15, 0.2) is 36.8 Å². The van der Waals surface area contributed by atoms with Crippen molar-refractivity contribution in [1.82, 2.24) is 29.7 Å². The summed E-state index contributed by atoms with van der Waals surface area (Å²) in [6.45, 7) is 0.440. The van der Waals surface area contributed by atoms with E-state index in [1.165, 1.54) is 12.1 Å². The van der Waals surface area contributed by atoms with Crippen molar-refractivity contribution in [3.63, 3.8) is 0 Å². The second-order valence-corrected chi connectivity index (χ2v) is 9.88. The Morgan fingerprint density at radius 2 is 1.92 bits per heavy atom. The maximum atomic E-state index is 14.9. The summed E-state index contributed by atoms with van der Waals surface area (Å²) in [5.74, 6) is -0.454. The van der Waals surface area contributed by atoms with Crippen molar-refractivity contribution < 1.29 is 22.3 Å². The van der Waals surface area contributed by atoms with Gasteiger partial charge in [-0.1, -0.05) is 11.6 Å². The van der Waals surface area contributed by atoms with Gasteiger partial charge in [0, 0.05) is 41.1 Å². The Morgan fingerprint density at radius 3 is 2.68 bits per heavy atom. The van der Waals surface area contributed by atoms with Crippen LogP contribution in [0.5, 0.6) is 0 Å². The molecular weight excluding hydrogens is 512 g/mol. The Balaban J connectivity index is 1.40. The number of alkyl halides is 3. The van der Waals surface area contributed by atoms with Crippen LogP contribution in [-0.2, 0) is 11.2 Å². The van der Waals surface area contributed by atoms with Gasteiger partial charge in [-0.2, -0.15) is 18.3 Å². The van der Waals surface area contributed by atoms with Crippen molar-refractivity contribution in [3.05, 3.63) is 64.7 Å². The van der Waals surface area contributed by atoms with Gasteiger partial charge in [0.15, 0.2) is 5.65 Å². The Hall–Kier alpha value is -3.18. The van der Waals surface area contributed by atoms with Gasteiger partial charge in [-0.15, -0.1) is 0 Å². The normalized spacial score (nSPS) is 20.5. The van der Waals surface area contributed by atoms with Gasteiger partial charge in [-0.3, -0.25) is 4.68 Å². The Labute approximate surface area is 213 Å². The van der Waals surface area contributed by atoms with Gasteiger partial charge in [0.25, 0.3) is 0 Å². The van der Waals surface area contributed by atoms with E-state index in [2.05, 4.69) is 25.0 Å². The molecule has 2 aliphatic rings. The van der Waals surface area contributed by atoms with Crippen LogP contribution in [0.4, 0.5) is 17.6 Å². The third-order valence-corrected chi connectivity index (χ3v) is 6.84. The van der Waals surface area contributed by atoms with Gasteiger partial charge < -0.3 is 4.74 Å². The maximum Gasteiger partial charge on any atom is 0.394 e. The first-order chi connectivity index (χ1) is 17.7. The minimum absolute atomic E-state index is 0.0132. The molecule has 7 nitrogen and oxygen atoms in total. The van der Waals surface area contributed by atoms with Gasteiger partial charge in [0.2, 0.25) is 0 Å². The summed E-state index contributed by atoms with van der Waals surface area (Å²) in [4.78, 5) is 17.5. The Bertz CT molecular complexity index is 1470. The first-order valence-electron chi connectivity index (χ1n) is 11.9. The first-order valence-corrected chi connectivity index (χ1v) is 12.3. The molecule has 0 amide bonds. The van der Waals surface area contributed by atoms with Crippen molar-refractivity contribution in [2.24, 2.45) is 0 Å². The standard InChI is InChI=1S/C25H21ClF4N6O/c26-15-1-4-18(19(27)8-15)21-22-24(33-16(11-31-22)9-25(28,29)30)35-23(34-21)13-5-6-37-20(7-13)14-10-32-36(12-14)17-2-3-17/h1,4,8,10-13,17,20H,2-3,5-7,9H2. The van der Waals surface area contributed by atoms with E-state index in [0.717, 1.165) is 30.7 Å². The minimum Gasteiger partial charge on any atom is -0.373 e. The smallest absolute Gasteiger partial charge is 0.373 e. The lowest BCUT2D eigenvalue weighted by Gasteiger charge is -2.28. The summed E-state index contributed by atoms with van der Waals surface area (Å²) in [6.07, 6.45) is 2.25. The highest BCUT2D eigenvalue weighted by atomic mass is 35.5. The van der Waals surface area contributed by atoms with E-state index in [-0.39, 0.29) is 45.2 Å². The number of nitrogens with zero attached hydrogens (tertiary/aromatic N) is 6. The number of hydrogen-bond acceptors (Lipinski definition) is 6. The fourth-order valence-electron chi connectivity index (χ4n) is 4.62. The topological polar surface area (TPSA) is 78.6 Å². The average molecular weight is 533 g/mol. The molecule has 2 atom stereocenters. The largest absolute Gasteiger partial charge is 0.394 e. The van der Waals surface area contributed by atoms with Crippen molar-refractivity contribution >= 4 is 22.8 Å². The van der Waals surface area contributed by atoms with Gasteiger partial charge in [0.05, 0.1) is 30.5 Å². The molecule has 0 spiro atoms. The summed E-state index contributed by atoms with van der Waals surface area (Å²) in [5, 5.41) is 4.65. The summed E-state index contributed by atoms with van der Waals surface area (Å²) in [7, 11) is 0. The molecule has 37 heavy (non-hydrogen) atoms. The Kier molecular flexibility index (Phi) is 6.07. The number of aromatic nitrogens is 6. The summed E-state index contributed by atoms with van der Waals surface area (Å²) < 4.78 is 61.9. The molecular formula is C25H21ClF4N6O. The van der Waals surface area contributed by atoms with Gasteiger partial charge >= 0.3 is 6.18 Å². The number of rotatable bonds is 5. The van der Waals surface area contributed by atoms with Gasteiger partial charge in [-0.05, 0) is 43.9 Å². The van der Waals surface area contributed by atoms with E-state index in [1.54, 1.807) is 6.20 Å². The van der Waals surface area contributed by atoms with Crippen molar-refractivity contribution in [1.29, 1.82) is 0 Å². The van der Waals surface area contributed by atoms with Crippen LogP contribution in [0, 0.1) is 5.82 Å². The molecule has 0 radical (unpaired) electrons. The second kappa shape index (κ2) is 9.29. The minimum atomic E-state index is -4.46. The summed E-state index contributed by atoms with van der Waals surface area (Å²) in [5.41, 5.74) is 1.05. The first kappa shape index (κ1) is 24.2. The quantitative estimate of drug-likeness (QED) is 0.287. The van der Waals surface area contributed by atoms with E-state index >= 15 is 0 Å². The summed E-state index contributed by atoms with van der Waals surface area (Å²) in [6, 6.07) is 4.57. The zero-order valence-electron chi connectivity index (χ0n) is 19.4. The predicted octanol–water partition coefficient (Wildman–Crippen LogP) is 6.15. The van der Waals surface area contributed by atoms with E-state index < -0.39 is 18.4 Å². The number of benzene rings is 1. The molecule has 2 unspecified atom stereocenters. The molecule has 6 rings (SSSR count). The zero-order valence-corrected chi connectivity index (χ0v) is 20.2. The number of fused-ring (bicyclic) bond motifs is 1. The monoisotopic (exact) mass is 532 g/mol. The molecule has 1 aliphatic carbocycles. The molecule has 3 aromatic heterocycles. The molecule has 12 heteroatoms. The zero-order chi connectivity index (χ0) is 25.7. The van der Waals surface area contributed by atoms with E-state index in [1.807, 2.05) is 10.9 Å². The Morgan fingerprint density at radius 1 is 1.08 bits per heavy atom. The fourth-order valence-corrected chi connectivity index (χ4v) is 4.78. The molecule has 1 aromatic carbocycles. The predicted molar refractivity (Wildman–Crippen MR) is 126 cm³/mol. The summed E-state index contributed by atoms with van der Waals surface area (Å²) >= 11 is 5.93. The van der Waals surface area contributed by atoms with Crippen LogP contribution in [0.3, 0.4) is 0 Å². The van der Waals surface area contributed by atoms with Crippen LogP contribution in [-0.4, -0.2) is 42.5 Å². The molecule has 192 valence electrons. The highest BCUT2D eigenvalue weighted by molar-refractivity contribution is 6.30. The highest BCUT2D eigenvalue weighted by Gasteiger charge is 2.32. The lowest BCUT2D eigenvalue weighted by atomic mass is 9.92. The number of hydrogen-bond donors (Lipinski definition) is 0. The molecule has 1 saturated carbocycles. The third kappa shape index (κ3) is 5.15. The second-order valence-electron chi connectivity index (χ2n) is 9.45. The van der Waals surface area contributed by atoms with E-state index in [4.69, 9.17) is 16.3 Å². The molecule has 4 aromatic rings. The molecule has 2 fully saturated rings. The van der Waals surface area contributed by atoms with Crippen molar-refractivity contribution in [3.8, 4) is 11.3 Å². The highest BCUT2D eigenvalue weighted by Crippen LogP contribution is 2.40. The van der Waals surface area contributed by atoms with Crippen LogP contribution < -0.4 is 0 Å². The number of halogens is 5. The van der Waals surface area contributed by atoms with Gasteiger partial charge in [0.1, 0.15) is 22.9 Å². The molecule has 0 N–H and O–H groups in total. The maximum absolute atomic E-state index is 14.9. The van der Waals surface area contributed by atoms with Crippen LogP contribution >= 0.6 is 11.6 Å².